The van der Waals surface area contributed by atoms with E-state index in [9.17, 15) is 28.0 Å². The molecule has 0 unspecified atom stereocenters. The molecule has 1 spiro atoms. The van der Waals surface area contributed by atoms with E-state index in [1.54, 1.807) is 11.8 Å². The zero-order valence-electron chi connectivity index (χ0n) is 24.1. The lowest BCUT2D eigenvalue weighted by Gasteiger charge is -2.42. The molecule has 4 heterocycles. The highest BCUT2D eigenvalue weighted by atomic mass is 19.1. The number of rotatable bonds is 7. The molecule has 1 fully saturated rings. The predicted molar refractivity (Wildman–Crippen MR) is 147 cm³/mol. The van der Waals surface area contributed by atoms with Gasteiger partial charge in [-0.15, -0.1) is 0 Å². The lowest BCUT2D eigenvalue weighted by atomic mass is 9.84. The Labute approximate surface area is 245 Å². The second-order valence-corrected chi connectivity index (χ2v) is 11.1. The molecule has 43 heavy (non-hydrogen) atoms. The molecule has 2 amide bonds. The van der Waals surface area contributed by atoms with E-state index in [0.717, 1.165) is 11.8 Å². The van der Waals surface area contributed by atoms with Crippen LogP contribution in [0.25, 0.3) is 0 Å². The number of oxime groups is 1. The van der Waals surface area contributed by atoms with Crippen molar-refractivity contribution >= 4 is 23.7 Å². The first-order valence-corrected chi connectivity index (χ1v) is 13.9. The summed E-state index contributed by atoms with van der Waals surface area (Å²) in [6.07, 6.45) is 0.751. The number of nitrogens with one attached hydrogen (secondary N) is 1. The van der Waals surface area contributed by atoms with Crippen LogP contribution in [0.4, 0.5) is 13.6 Å². The van der Waals surface area contributed by atoms with Crippen LogP contribution in [0, 0.1) is 11.6 Å². The van der Waals surface area contributed by atoms with Crippen LogP contribution in [-0.2, 0) is 20.9 Å². The molecule has 14 heteroatoms. The summed E-state index contributed by atoms with van der Waals surface area (Å²) in [7, 11) is 1.41. The molecule has 3 aliphatic heterocycles. The van der Waals surface area contributed by atoms with E-state index >= 15 is 0 Å². The number of pyridine rings is 1. The lowest BCUT2D eigenvalue weighted by molar-refractivity contribution is -0.0655. The van der Waals surface area contributed by atoms with Crippen molar-refractivity contribution in [1.82, 2.24) is 14.8 Å². The summed E-state index contributed by atoms with van der Waals surface area (Å²) < 4.78 is 44.5. The number of halogens is 2. The maximum absolute atomic E-state index is 14.2. The van der Waals surface area contributed by atoms with E-state index in [2.05, 4.69) is 10.5 Å². The monoisotopic (exact) mass is 602 g/mol. The Balaban J connectivity index is 1.60. The first-order chi connectivity index (χ1) is 20.4. The number of fused-ring (bicyclic) bond motifs is 5. The third kappa shape index (κ3) is 5.70. The zero-order chi connectivity index (χ0) is 31.1. The van der Waals surface area contributed by atoms with Gasteiger partial charge in [-0.3, -0.25) is 14.4 Å². The van der Waals surface area contributed by atoms with Gasteiger partial charge in [-0.05, 0) is 39.7 Å². The topological polar surface area (TPSA) is 138 Å². The van der Waals surface area contributed by atoms with Crippen molar-refractivity contribution in [3.8, 4) is 5.75 Å². The van der Waals surface area contributed by atoms with Gasteiger partial charge in [0.05, 0.1) is 18.4 Å². The molecule has 1 N–H and O–H groups in total. The molecule has 0 aliphatic carbocycles. The number of nitrogens with zero attached hydrogens (tertiary/aromatic N) is 3. The molecular weight excluding hydrogens is 570 g/mol. The van der Waals surface area contributed by atoms with Gasteiger partial charge < -0.3 is 33.8 Å². The minimum absolute atomic E-state index is 0.0190. The van der Waals surface area contributed by atoms with Gasteiger partial charge in [-0.25, -0.2) is 13.6 Å². The Bertz CT molecular complexity index is 1560. The fourth-order valence-corrected chi connectivity index (χ4v) is 5.84. The van der Waals surface area contributed by atoms with Gasteiger partial charge in [0.25, 0.3) is 11.8 Å². The molecule has 1 saturated heterocycles. The van der Waals surface area contributed by atoms with Gasteiger partial charge in [-0.1, -0.05) is 11.2 Å². The van der Waals surface area contributed by atoms with Crippen LogP contribution < -0.4 is 15.5 Å². The second kappa shape index (κ2) is 11.7. The first kappa shape index (κ1) is 30.1. The van der Waals surface area contributed by atoms with Gasteiger partial charge in [0.2, 0.25) is 11.2 Å². The predicted octanol–water partition coefficient (Wildman–Crippen LogP) is 3.32. The minimum Gasteiger partial charge on any atom is -0.429 e. The maximum Gasteiger partial charge on any atom is 0.514 e. The number of hydrogen-bond acceptors (Lipinski definition) is 9. The van der Waals surface area contributed by atoms with Gasteiger partial charge in [0, 0.05) is 50.5 Å². The number of ether oxygens (including phenoxy) is 3. The summed E-state index contributed by atoms with van der Waals surface area (Å²) >= 11 is 0. The SMILES string of the molecule is COC[C@H](C)OC(=O)Oc1c2n(cc(C(=O)NCc3ccc(F)cc3F)c1=O)[C@@H]1CN(C2=O)[C@@H](C)CC[C@]12CC(C)=NO2. The standard InChI is InChI=1S/C29H32F2N4O8/c1-15-10-29(43-33-15)8-7-16(2)34-13-22(29)35-12-20(26(37)32-11-18-5-6-19(30)9-21(18)31)24(36)25(23(35)27(34)38)42-28(39)41-17(3)14-40-4/h5-6,9,12,16-17,22H,7-8,10-11,13-14H2,1-4H3,(H,32,37)/t16-,17-,22+,29-/m0/s1. The van der Waals surface area contributed by atoms with Crippen LogP contribution in [0.1, 0.15) is 72.5 Å². The largest absolute Gasteiger partial charge is 0.514 e. The van der Waals surface area contributed by atoms with Crippen LogP contribution in [-0.4, -0.2) is 71.2 Å². The molecule has 1 aromatic carbocycles. The summed E-state index contributed by atoms with van der Waals surface area (Å²) in [6, 6.07) is 2.03. The minimum atomic E-state index is -1.27. The molecule has 2 aromatic rings. The molecule has 0 radical (unpaired) electrons. The van der Waals surface area contributed by atoms with E-state index in [1.807, 2.05) is 13.8 Å². The van der Waals surface area contributed by atoms with E-state index in [1.165, 1.54) is 23.9 Å². The fraction of sp³-hybridized carbons (Fsp3) is 0.483. The van der Waals surface area contributed by atoms with Crippen LogP contribution in [0.5, 0.6) is 5.75 Å². The summed E-state index contributed by atoms with van der Waals surface area (Å²) in [5.41, 5.74) is -1.92. The smallest absolute Gasteiger partial charge is 0.429 e. The van der Waals surface area contributed by atoms with E-state index in [0.29, 0.717) is 25.3 Å². The number of hydrogen-bond donors (Lipinski definition) is 1. The number of carbonyl (C=O) groups is 3. The molecule has 0 saturated carbocycles. The van der Waals surface area contributed by atoms with Crippen molar-refractivity contribution in [3.05, 3.63) is 63.1 Å². The highest BCUT2D eigenvalue weighted by Crippen LogP contribution is 2.46. The molecule has 4 atom stereocenters. The molecule has 5 rings (SSSR count). The Morgan fingerprint density at radius 3 is 2.72 bits per heavy atom. The van der Waals surface area contributed by atoms with Crippen LogP contribution >= 0.6 is 0 Å². The van der Waals surface area contributed by atoms with Crippen molar-refractivity contribution in [2.75, 3.05) is 20.3 Å². The molecule has 2 bridgehead atoms. The van der Waals surface area contributed by atoms with Crippen molar-refractivity contribution in [2.45, 2.75) is 70.4 Å². The molecular formula is C29H32F2N4O8. The number of benzene rings is 1. The van der Waals surface area contributed by atoms with Crippen molar-refractivity contribution in [1.29, 1.82) is 0 Å². The second-order valence-electron chi connectivity index (χ2n) is 11.1. The highest BCUT2D eigenvalue weighted by Gasteiger charge is 2.54. The summed E-state index contributed by atoms with van der Waals surface area (Å²) in [5.74, 6) is -3.85. The number of aromatic nitrogens is 1. The van der Waals surface area contributed by atoms with Crippen molar-refractivity contribution in [2.24, 2.45) is 5.16 Å². The van der Waals surface area contributed by atoms with E-state index in [4.69, 9.17) is 19.0 Å². The Kier molecular flexibility index (Phi) is 8.23. The summed E-state index contributed by atoms with van der Waals surface area (Å²) in [5, 5.41) is 6.63. The van der Waals surface area contributed by atoms with Crippen molar-refractivity contribution in [3.63, 3.8) is 0 Å². The van der Waals surface area contributed by atoms with Crippen LogP contribution in [0.15, 0.2) is 34.3 Å². The van der Waals surface area contributed by atoms with Crippen LogP contribution in [0.2, 0.25) is 0 Å². The number of carbonyl (C=O) groups excluding carboxylic acids is 3. The molecule has 230 valence electrons. The van der Waals surface area contributed by atoms with Gasteiger partial charge in [-0.2, -0.15) is 0 Å². The van der Waals surface area contributed by atoms with Crippen molar-refractivity contribution < 1.29 is 42.2 Å². The van der Waals surface area contributed by atoms with Gasteiger partial charge in [0.15, 0.2) is 11.3 Å². The summed E-state index contributed by atoms with van der Waals surface area (Å²) in [4.78, 5) is 61.4. The maximum atomic E-state index is 14.2. The Morgan fingerprint density at radius 1 is 1.28 bits per heavy atom. The average Bonchev–Trinajstić information content (AvgIpc) is 3.28. The molecule has 12 nitrogen and oxygen atoms in total. The van der Waals surface area contributed by atoms with Gasteiger partial charge in [0.1, 0.15) is 23.3 Å². The Morgan fingerprint density at radius 2 is 2.05 bits per heavy atom. The quantitative estimate of drug-likeness (QED) is 0.477. The third-order valence-electron chi connectivity index (χ3n) is 8.01. The Hall–Kier alpha value is -4.33. The number of methoxy groups -OCH3 is 1. The molecule has 3 aliphatic rings. The van der Waals surface area contributed by atoms with Gasteiger partial charge >= 0.3 is 6.16 Å². The normalized spacial score (nSPS) is 23.2. The van der Waals surface area contributed by atoms with E-state index < -0.39 is 64.1 Å². The average molecular weight is 603 g/mol. The summed E-state index contributed by atoms with van der Waals surface area (Å²) in [6.45, 7) is 5.10. The lowest BCUT2D eigenvalue weighted by Crippen LogP contribution is -2.52. The highest BCUT2D eigenvalue weighted by molar-refractivity contribution is 6.00. The fourth-order valence-electron chi connectivity index (χ4n) is 5.84. The van der Waals surface area contributed by atoms with Crippen LogP contribution in [0.3, 0.4) is 0 Å². The zero-order valence-corrected chi connectivity index (χ0v) is 24.1. The number of amides is 2. The third-order valence-corrected chi connectivity index (χ3v) is 8.01. The molecule has 1 aromatic heterocycles. The first-order valence-electron chi connectivity index (χ1n) is 13.9. The van der Waals surface area contributed by atoms with E-state index in [-0.39, 0.29) is 37.0 Å².